The Morgan fingerprint density at radius 3 is 2.08 bits per heavy atom. The SMILES string of the molecule is CCN(C)CCN(CC)C(C)=O. The molecule has 0 fully saturated rings. The number of nitrogens with zero attached hydrogens (tertiary/aromatic N) is 2. The first kappa shape index (κ1) is 11.4. The summed E-state index contributed by atoms with van der Waals surface area (Å²) in [4.78, 5) is 15.0. The smallest absolute Gasteiger partial charge is 0.219 e. The van der Waals surface area contributed by atoms with Crippen molar-refractivity contribution >= 4 is 5.91 Å². The molecule has 0 saturated heterocycles. The molecule has 0 N–H and O–H groups in total. The van der Waals surface area contributed by atoms with Gasteiger partial charge in [-0.05, 0) is 20.5 Å². The van der Waals surface area contributed by atoms with Crippen molar-refractivity contribution in [1.29, 1.82) is 0 Å². The quantitative estimate of drug-likeness (QED) is 0.612. The van der Waals surface area contributed by atoms with Gasteiger partial charge < -0.3 is 9.80 Å². The average Bonchev–Trinajstić information content (AvgIpc) is 2.04. The molecule has 0 heterocycles. The van der Waals surface area contributed by atoms with Crippen molar-refractivity contribution in [2.24, 2.45) is 0 Å². The van der Waals surface area contributed by atoms with Crippen LogP contribution in [0.25, 0.3) is 0 Å². The van der Waals surface area contributed by atoms with Gasteiger partial charge in [0.25, 0.3) is 0 Å². The summed E-state index contributed by atoms with van der Waals surface area (Å²) in [7, 11) is 2.06. The molecule has 3 heteroatoms. The number of rotatable bonds is 5. The number of amides is 1. The molecule has 0 aliphatic heterocycles. The third kappa shape index (κ3) is 4.34. The maximum absolute atomic E-state index is 11.0. The summed E-state index contributed by atoms with van der Waals surface area (Å²) < 4.78 is 0. The lowest BCUT2D eigenvalue weighted by Gasteiger charge is -2.22. The molecule has 0 aromatic carbocycles. The highest BCUT2D eigenvalue weighted by molar-refractivity contribution is 5.73. The van der Waals surface area contributed by atoms with E-state index in [9.17, 15) is 4.79 Å². The fraction of sp³-hybridized carbons (Fsp3) is 0.889. The molecule has 72 valence electrons. The molecule has 0 radical (unpaired) electrons. The topological polar surface area (TPSA) is 23.6 Å². The molecular weight excluding hydrogens is 152 g/mol. The number of hydrogen-bond donors (Lipinski definition) is 0. The second-order valence-electron chi connectivity index (χ2n) is 2.99. The highest BCUT2D eigenvalue weighted by atomic mass is 16.2. The van der Waals surface area contributed by atoms with E-state index in [0.29, 0.717) is 0 Å². The monoisotopic (exact) mass is 172 g/mol. The Kier molecular flexibility index (Phi) is 5.72. The summed E-state index contributed by atoms with van der Waals surface area (Å²) >= 11 is 0. The van der Waals surface area contributed by atoms with Crippen molar-refractivity contribution in [3.05, 3.63) is 0 Å². The van der Waals surface area contributed by atoms with Gasteiger partial charge in [-0.1, -0.05) is 6.92 Å². The van der Waals surface area contributed by atoms with E-state index in [0.717, 1.165) is 26.2 Å². The van der Waals surface area contributed by atoms with Crippen molar-refractivity contribution in [1.82, 2.24) is 9.80 Å². The Morgan fingerprint density at radius 2 is 1.75 bits per heavy atom. The Bertz CT molecular complexity index is 136. The molecule has 12 heavy (non-hydrogen) atoms. The van der Waals surface area contributed by atoms with Crippen LogP contribution < -0.4 is 0 Å². The highest BCUT2D eigenvalue weighted by Gasteiger charge is 2.05. The van der Waals surface area contributed by atoms with Crippen molar-refractivity contribution in [2.45, 2.75) is 20.8 Å². The maximum atomic E-state index is 11.0. The van der Waals surface area contributed by atoms with Crippen molar-refractivity contribution in [2.75, 3.05) is 33.2 Å². The minimum atomic E-state index is 0.169. The van der Waals surface area contributed by atoms with Crippen LogP contribution in [0.3, 0.4) is 0 Å². The average molecular weight is 172 g/mol. The standard InChI is InChI=1S/C9H20N2O/c1-5-10(4)7-8-11(6-2)9(3)12/h5-8H2,1-4H3. The predicted octanol–water partition coefficient (Wildman–Crippen LogP) is 0.806. The molecule has 1 amide bonds. The minimum Gasteiger partial charge on any atom is -0.342 e. The molecule has 0 aliphatic rings. The molecule has 3 nitrogen and oxygen atoms in total. The first-order valence-corrected chi connectivity index (χ1v) is 4.55. The Morgan fingerprint density at radius 1 is 1.17 bits per heavy atom. The van der Waals surface area contributed by atoms with E-state index < -0.39 is 0 Å². The van der Waals surface area contributed by atoms with Crippen LogP contribution in [0.5, 0.6) is 0 Å². The van der Waals surface area contributed by atoms with Crippen LogP contribution >= 0.6 is 0 Å². The van der Waals surface area contributed by atoms with Gasteiger partial charge in [0.15, 0.2) is 0 Å². The second-order valence-corrected chi connectivity index (χ2v) is 2.99. The van der Waals surface area contributed by atoms with Crippen LogP contribution in [0.2, 0.25) is 0 Å². The summed E-state index contributed by atoms with van der Waals surface area (Å²) in [5, 5.41) is 0. The van der Waals surface area contributed by atoms with E-state index in [1.165, 1.54) is 0 Å². The lowest BCUT2D eigenvalue weighted by atomic mass is 10.4. The van der Waals surface area contributed by atoms with Crippen molar-refractivity contribution in [3.63, 3.8) is 0 Å². The lowest BCUT2D eigenvalue weighted by molar-refractivity contribution is -0.128. The van der Waals surface area contributed by atoms with E-state index in [1.807, 2.05) is 11.8 Å². The van der Waals surface area contributed by atoms with Crippen molar-refractivity contribution in [3.8, 4) is 0 Å². The molecule has 0 aromatic rings. The molecular formula is C9H20N2O. The number of carbonyl (C=O) groups excluding carboxylic acids is 1. The van der Waals surface area contributed by atoms with Crippen LogP contribution in [0.1, 0.15) is 20.8 Å². The molecule has 0 bridgehead atoms. The summed E-state index contributed by atoms with van der Waals surface area (Å²) in [6.07, 6.45) is 0. The van der Waals surface area contributed by atoms with Crippen molar-refractivity contribution < 1.29 is 4.79 Å². The maximum Gasteiger partial charge on any atom is 0.219 e. The normalized spacial score (nSPS) is 10.4. The van der Waals surface area contributed by atoms with E-state index in [-0.39, 0.29) is 5.91 Å². The van der Waals surface area contributed by atoms with Gasteiger partial charge in [0.2, 0.25) is 5.91 Å². The molecule has 0 saturated carbocycles. The summed E-state index contributed by atoms with van der Waals surface area (Å²) in [5.74, 6) is 0.169. The minimum absolute atomic E-state index is 0.169. The highest BCUT2D eigenvalue weighted by Crippen LogP contribution is 1.90. The zero-order chi connectivity index (χ0) is 9.56. The Balaban J connectivity index is 3.65. The van der Waals surface area contributed by atoms with E-state index in [1.54, 1.807) is 6.92 Å². The zero-order valence-electron chi connectivity index (χ0n) is 8.63. The largest absolute Gasteiger partial charge is 0.342 e. The Hall–Kier alpha value is -0.570. The van der Waals surface area contributed by atoms with Gasteiger partial charge in [-0.2, -0.15) is 0 Å². The van der Waals surface area contributed by atoms with Gasteiger partial charge >= 0.3 is 0 Å². The summed E-state index contributed by atoms with van der Waals surface area (Å²) in [6.45, 7) is 9.40. The number of hydrogen-bond acceptors (Lipinski definition) is 2. The van der Waals surface area contributed by atoms with Crippen LogP contribution in [-0.2, 0) is 4.79 Å². The van der Waals surface area contributed by atoms with Gasteiger partial charge in [-0.15, -0.1) is 0 Å². The predicted molar refractivity (Wildman–Crippen MR) is 51.1 cm³/mol. The van der Waals surface area contributed by atoms with Gasteiger partial charge in [-0.3, -0.25) is 4.79 Å². The first-order chi connectivity index (χ1) is 5.61. The van der Waals surface area contributed by atoms with Crippen LogP contribution in [0.4, 0.5) is 0 Å². The van der Waals surface area contributed by atoms with Crippen LogP contribution in [-0.4, -0.2) is 48.9 Å². The first-order valence-electron chi connectivity index (χ1n) is 4.55. The summed E-state index contributed by atoms with van der Waals surface area (Å²) in [6, 6.07) is 0. The molecule has 0 rings (SSSR count). The molecule has 0 atom stereocenters. The fourth-order valence-electron chi connectivity index (χ4n) is 0.988. The molecule has 0 unspecified atom stereocenters. The van der Waals surface area contributed by atoms with Gasteiger partial charge in [0.05, 0.1) is 0 Å². The van der Waals surface area contributed by atoms with Gasteiger partial charge in [0, 0.05) is 26.6 Å². The number of carbonyl (C=O) groups is 1. The molecule has 0 aromatic heterocycles. The van der Waals surface area contributed by atoms with Crippen LogP contribution in [0.15, 0.2) is 0 Å². The second kappa shape index (κ2) is 6.00. The van der Waals surface area contributed by atoms with E-state index >= 15 is 0 Å². The summed E-state index contributed by atoms with van der Waals surface area (Å²) in [5.41, 5.74) is 0. The third-order valence-corrected chi connectivity index (χ3v) is 2.12. The Labute approximate surface area is 75.3 Å². The van der Waals surface area contributed by atoms with Gasteiger partial charge in [-0.25, -0.2) is 0 Å². The van der Waals surface area contributed by atoms with E-state index in [2.05, 4.69) is 18.9 Å². The third-order valence-electron chi connectivity index (χ3n) is 2.12. The van der Waals surface area contributed by atoms with Gasteiger partial charge in [0.1, 0.15) is 0 Å². The zero-order valence-corrected chi connectivity index (χ0v) is 8.63. The van der Waals surface area contributed by atoms with E-state index in [4.69, 9.17) is 0 Å². The fourth-order valence-corrected chi connectivity index (χ4v) is 0.988. The van der Waals surface area contributed by atoms with Crippen LogP contribution in [0, 0.1) is 0 Å². The molecule has 0 aliphatic carbocycles. The molecule has 0 spiro atoms. The number of likely N-dealkylation sites (N-methyl/N-ethyl adjacent to an activating group) is 2. The lowest BCUT2D eigenvalue weighted by Crippen LogP contribution is -2.35.